The molecule has 0 radical (unpaired) electrons. The molecule has 10 heteroatoms. The topological polar surface area (TPSA) is 104 Å². The zero-order valence-corrected chi connectivity index (χ0v) is 18.4. The van der Waals surface area contributed by atoms with E-state index in [1.54, 1.807) is 18.2 Å². The smallest absolute Gasteiger partial charge is 0.263 e. The molecule has 162 valence electrons. The van der Waals surface area contributed by atoms with Gasteiger partial charge in [0.15, 0.2) is 12.1 Å². The van der Waals surface area contributed by atoms with E-state index in [9.17, 15) is 9.59 Å². The third-order valence-corrected chi connectivity index (χ3v) is 6.21. The fourth-order valence-electron chi connectivity index (χ4n) is 3.78. The van der Waals surface area contributed by atoms with Crippen molar-refractivity contribution in [2.45, 2.75) is 39.4 Å². The lowest BCUT2D eigenvalue weighted by Gasteiger charge is -2.19. The molecule has 3 heterocycles. The summed E-state index contributed by atoms with van der Waals surface area (Å²) in [4.78, 5) is 31.5. The first kappa shape index (κ1) is 20.3. The van der Waals surface area contributed by atoms with Crippen LogP contribution in [0.3, 0.4) is 0 Å². The number of aryl methyl sites for hydroxylation is 3. The molecule has 1 saturated heterocycles. The molecule has 2 aromatic carbocycles. The van der Waals surface area contributed by atoms with Gasteiger partial charge >= 0.3 is 0 Å². The summed E-state index contributed by atoms with van der Waals surface area (Å²) < 4.78 is 5.37. The lowest BCUT2D eigenvalue weighted by molar-refractivity contribution is -0.123. The zero-order valence-electron chi connectivity index (χ0n) is 17.6. The van der Waals surface area contributed by atoms with E-state index in [0.717, 1.165) is 21.6 Å². The van der Waals surface area contributed by atoms with Crippen molar-refractivity contribution in [3.8, 4) is 11.4 Å². The van der Waals surface area contributed by atoms with Gasteiger partial charge in [0.1, 0.15) is 6.54 Å². The van der Waals surface area contributed by atoms with Crippen molar-refractivity contribution in [2.75, 3.05) is 4.90 Å². The first-order valence-corrected chi connectivity index (χ1v) is 10.4. The van der Waals surface area contributed by atoms with Crippen molar-refractivity contribution in [2.24, 2.45) is 10.3 Å². The Morgan fingerprint density at radius 1 is 1.00 bits per heavy atom. The van der Waals surface area contributed by atoms with E-state index in [0.29, 0.717) is 16.5 Å². The minimum Gasteiger partial charge on any atom is -0.337 e. The lowest BCUT2D eigenvalue weighted by Crippen LogP contribution is -2.39. The number of imide groups is 1. The second-order valence-electron chi connectivity index (χ2n) is 7.95. The summed E-state index contributed by atoms with van der Waals surface area (Å²) in [5, 5.41) is 14.0. The van der Waals surface area contributed by atoms with E-state index < -0.39 is 23.9 Å². The van der Waals surface area contributed by atoms with Crippen LogP contribution in [0.15, 0.2) is 51.3 Å². The number of hydrogen-bond donors (Lipinski definition) is 0. The molecule has 0 saturated carbocycles. The van der Waals surface area contributed by atoms with Gasteiger partial charge in [-0.1, -0.05) is 40.2 Å². The molecule has 1 aromatic heterocycles. The molecule has 0 aliphatic carbocycles. The molecule has 0 bridgehead atoms. The number of fused-ring (bicyclic) bond motifs is 1. The third-order valence-electron chi connectivity index (χ3n) is 5.80. The summed E-state index contributed by atoms with van der Waals surface area (Å²) in [5.41, 5.74) is 4.39. The van der Waals surface area contributed by atoms with Crippen LogP contribution >= 0.6 is 11.6 Å². The number of carbonyl (C=O) groups is 2. The molecule has 1 fully saturated rings. The summed E-state index contributed by atoms with van der Waals surface area (Å²) in [6.07, 6.45) is 0. The molecule has 2 amide bonds. The van der Waals surface area contributed by atoms with Gasteiger partial charge in [0.25, 0.3) is 11.8 Å². The number of benzene rings is 2. The summed E-state index contributed by atoms with van der Waals surface area (Å²) in [6, 6.07) is 9.18. The number of nitrogens with zero attached hydrogens (tertiary/aromatic N) is 6. The van der Waals surface area contributed by atoms with Crippen LogP contribution in [0.25, 0.3) is 11.4 Å². The standard InChI is InChI=1S/C22H19ClN6O3/c1-11-4-6-14(8-13(11)3)20-24-17(32-26-20)10-28-19-18(25-27-28)21(30)29(22(19)31)15-7-5-12(2)16(23)9-15/h4-9,18-19H,10H2,1-3H3/t18-,19-/m0/s1. The Balaban J connectivity index is 1.37. The van der Waals surface area contributed by atoms with E-state index >= 15 is 0 Å². The average molecular weight is 451 g/mol. The molecule has 0 unspecified atom stereocenters. The zero-order chi connectivity index (χ0) is 22.6. The van der Waals surface area contributed by atoms with E-state index in [1.165, 1.54) is 10.6 Å². The predicted octanol–water partition coefficient (Wildman–Crippen LogP) is 3.81. The molecule has 2 atom stereocenters. The van der Waals surface area contributed by atoms with Gasteiger partial charge in [-0.25, -0.2) is 4.90 Å². The van der Waals surface area contributed by atoms with Gasteiger partial charge in [-0.3, -0.25) is 14.6 Å². The number of carbonyl (C=O) groups excluding carboxylic acids is 2. The minimum absolute atomic E-state index is 0.0595. The van der Waals surface area contributed by atoms with Gasteiger partial charge in [0, 0.05) is 10.6 Å². The number of aromatic nitrogens is 2. The third kappa shape index (κ3) is 3.25. The highest BCUT2D eigenvalue weighted by molar-refractivity contribution is 6.32. The SMILES string of the molecule is Cc1ccc(-c2noc(CN3N=N[C@@H]4C(=O)N(c5ccc(C)c(Cl)c5)C(=O)[C@H]43)n2)cc1C. The van der Waals surface area contributed by atoms with Crippen LogP contribution in [0.2, 0.25) is 5.02 Å². The monoisotopic (exact) mass is 450 g/mol. The lowest BCUT2D eigenvalue weighted by atomic mass is 10.1. The number of rotatable bonds is 4. The molecule has 32 heavy (non-hydrogen) atoms. The minimum atomic E-state index is -0.912. The average Bonchev–Trinajstić information content (AvgIpc) is 3.45. The predicted molar refractivity (Wildman–Crippen MR) is 116 cm³/mol. The molecule has 3 aromatic rings. The Bertz CT molecular complexity index is 1290. The molecular formula is C22H19ClN6O3. The fraction of sp³-hybridized carbons (Fsp3) is 0.273. The van der Waals surface area contributed by atoms with Gasteiger partial charge in [0.05, 0.1) is 5.69 Å². The fourth-order valence-corrected chi connectivity index (χ4v) is 3.96. The van der Waals surface area contributed by atoms with Crippen LogP contribution < -0.4 is 4.90 Å². The molecular weight excluding hydrogens is 432 g/mol. The van der Waals surface area contributed by atoms with Crippen molar-refractivity contribution in [1.82, 2.24) is 15.1 Å². The van der Waals surface area contributed by atoms with Crippen LogP contribution in [0.1, 0.15) is 22.6 Å². The summed E-state index contributed by atoms with van der Waals surface area (Å²) in [6.45, 7) is 5.95. The van der Waals surface area contributed by atoms with Crippen LogP contribution in [0.5, 0.6) is 0 Å². The summed E-state index contributed by atoms with van der Waals surface area (Å²) in [7, 11) is 0. The largest absolute Gasteiger partial charge is 0.337 e. The van der Waals surface area contributed by atoms with E-state index in [2.05, 4.69) is 20.5 Å². The quantitative estimate of drug-likeness (QED) is 0.560. The number of anilines is 1. The maximum Gasteiger partial charge on any atom is 0.263 e. The second kappa shape index (κ2) is 7.52. The highest BCUT2D eigenvalue weighted by Crippen LogP contribution is 2.34. The van der Waals surface area contributed by atoms with Crippen molar-refractivity contribution in [3.63, 3.8) is 0 Å². The van der Waals surface area contributed by atoms with Crippen LogP contribution in [0, 0.1) is 20.8 Å². The summed E-state index contributed by atoms with van der Waals surface area (Å²) >= 11 is 6.19. The molecule has 2 aliphatic rings. The first-order chi connectivity index (χ1) is 15.3. The Labute approximate surface area is 188 Å². The number of halogens is 1. The van der Waals surface area contributed by atoms with E-state index in [4.69, 9.17) is 16.1 Å². The molecule has 0 N–H and O–H groups in total. The highest BCUT2D eigenvalue weighted by atomic mass is 35.5. The normalized spacial score (nSPS) is 19.9. The van der Waals surface area contributed by atoms with Crippen LogP contribution in [-0.4, -0.2) is 39.0 Å². The van der Waals surface area contributed by atoms with Crippen LogP contribution in [0.4, 0.5) is 5.69 Å². The Hall–Kier alpha value is -3.59. The van der Waals surface area contributed by atoms with Gasteiger partial charge in [-0.15, -0.1) is 0 Å². The van der Waals surface area contributed by atoms with Crippen molar-refractivity contribution < 1.29 is 14.1 Å². The number of hydrogen-bond acceptors (Lipinski definition) is 8. The van der Waals surface area contributed by atoms with E-state index in [-0.39, 0.29) is 12.4 Å². The van der Waals surface area contributed by atoms with Gasteiger partial charge in [-0.05, 0) is 55.7 Å². The maximum absolute atomic E-state index is 13.1. The summed E-state index contributed by atoms with van der Waals surface area (Å²) in [5.74, 6) is -0.137. The molecule has 9 nitrogen and oxygen atoms in total. The Morgan fingerprint density at radius 3 is 2.53 bits per heavy atom. The van der Waals surface area contributed by atoms with Crippen molar-refractivity contribution >= 4 is 29.1 Å². The molecule has 5 rings (SSSR count). The number of amides is 2. The highest BCUT2D eigenvalue weighted by Gasteiger charge is 2.55. The Morgan fingerprint density at radius 2 is 1.78 bits per heavy atom. The first-order valence-electron chi connectivity index (χ1n) is 10.0. The second-order valence-corrected chi connectivity index (χ2v) is 8.36. The van der Waals surface area contributed by atoms with Crippen LogP contribution in [-0.2, 0) is 16.1 Å². The molecule has 0 spiro atoms. The Kier molecular flexibility index (Phi) is 4.78. The van der Waals surface area contributed by atoms with Crippen molar-refractivity contribution in [3.05, 3.63) is 64.0 Å². The van der Waals surface area contributed by atoms with Gasteiger partial charge < -0.3 is 4.52 Å². The van der Waals surface area contributed by atoms with Gasteiger partial charge in [-0.2, -0.15) is 10.1 Å². The molecule has 2 aliphatic heterocycles. The van der Waals surface area contributed by atoms with E-state index in [1.807, 2.05) is 39.0 Å². The van der Waals surface area contributed by atoms with Crippen molar-refractivity contribution in [1.29, 1.82) is 0 Å². The maximum atomic E-state index is 13.1. The van der Waals surface area contributed by atoms with Gasteiger partial charge in [0.2, 0.25) is 11.7 Å².